The monoisotopic (exact) mass is 530 g/mol. The van der Waals surface area contributed by atoms with E-state index in [1.807, 2.05) is 0 Å². The van der Waals surface area contributed by atoms with Crippen LogP contribution in [0.25, 0.3) is 22.0 Å². The second-order valence-electron chi connectivity index (χ2n) is 8.30. The van der Waals surface area contributed by atoms with E-state index >= 15 is 0 Å². The Balaban J connectivity index is 1.63. The van der Waals surface area contributed by atoms with Crippen molar-refractivity contribution in [1.82, 2.24) is 20.8 Å². The molecule has 1 aromatic heterocycles. The fourth-order valence-electron chi connectivity index (χ4n) is 3.96. The highest BCUT2D eigenvalue weighted by Gasteiger charge is 2.33. The smallest absolute Gasteiger partial charge is 0.405 e. The Bertz CT molecular complexity index is 1470. The largest absolute Gasteiger partial charge is 0.573 e. The highest BCUT2D eigenvalue weighted by atomic mass is 19.4. The van der Waals surface area contributed by atoms with Gasteiger partial charge < -0.3 is 20.5 Å². The molecule has 0 saturated carbocycles. The summed E-state index contributed by atoms with van der Waals surface area (Å²) in [5.74, 6) is -2.56. The van der Waals surface area contributed by atoms with Gasteiger partial charge in [-0.3, -0.25) is 14.7 Å². The molecule has 1 heterocycles. The van der Waals surface area contributed by atoms with Crippen LogP contribution < -0.4 is 15.4 Å². The normalized spacial score (nSPS) is 12.3. The topological polar surface area (TPSA) is 116 Å². The van der Waals surface area contributed by atoms with Crippen molar-refractivity contribution >= 4 is 22.7 Å². The lowest BCUT2D eigenvalue weighted by Gasteiger charge is -2.18. The number of carbonyl (C=O) groups excluding carboxylic acids is 2. The number of aromatic nitrogens is 2. The third-order valence-electron chi connectivity index (χ3n) is 5.77. The molecule has 0 unspecified atom stereocenters. The Morgan fingerprint density at radius 3 is 2.42 bits per heavy atom. The van der Waals surface area contributed by atoms with Gasteiger partial charge >= 0.3 is 6.36 Å². The zero-order valence-corrected chi connectivity index (χ0v) is 19.9. The zero-order chi connectivity index (χ0) is 27.4. The minimum Gasteiger partial charge on any atom is -0.405 e. The first-order valence-electron chi connectivity index (χ1n) is 11.3. The molecule has 1 atom stereocenters. The molecule has 0 bridgehead atoms. The Hall–Kier alpha value is -4.45. The van der Waals surface area contributed by atoms with Gasteiger partial charge in [0.05, 0.1) is 34.8 Å². The van der Waals surface area contributed by atoms with Crippen molar-refractivity contribution in [3.63, 3.8) is 0 Å². The van der Waals surface area contributed by atoms with Crippen molar-refractivity contribution in [2.24, 2.45) is 0 Å². The predicted octanol–water partition coefficient (Wildman–Crippen LogP) is 3.96. The number of hydrogen-bond donors (Lipinski definition) is 4. The van der Waals surface area contributed by atoms with Gasteiger partial charge in [0.1, 0.15) is 11.6 Å². The van der Waals surface area contributed by atoms with E-state index in [2.05, 4.69) is 25.6 Å². The lowest BCUT2D eigenvalue weighted by atomic mass is 10.00. The van der Waals surface area contributed by atoms with Crippen molar-refractivity contribution in [2.75, 3.05) is 13.7 Å². The molecule has 3 aromatic carbocycles. The highest BCUT2D eigenvalue weighted by molar-refractivity contribution is 5.99. The summed E-state index contributed by atoms with van der Waals surface area (Å²) in [6, 6.07) is 13.1. The van der Waals surface area contributed by atoms with Crippen LogP contribution in [0.2, 0.25) is 0 Å². The number of hydrogen-bond acceptors (Lipinski definition) is 5. The molecule has 38 heavy (non-hydrogen) atoms. The van der Waals surface area contributed by atoms with Crippen LogP contribution >= 0.6 is 0 Å². The van der Waals surface area contributed by atoms with Crippen LogP contribution in [0.5, 0.6) is 5.75 Å². The summed E-state index contributed by atoms with van der Waals surface area (Å²) in [4.78, 5) is 24.9. The van der Waals surface area contributed by atoms with Crippen LogP contribution in [0.1, 0.15) is 26.4 Å². The lowest BCUT2D eigenvalue weighted by molar-refractivity contribution is -0.274. The van der Waals surface area contributed by atoms with Gasteiger partial charge in [0.2, 0.25) is 0 Å². The number of aliphatic hydroxyl groups is 1. The van der Waals surface area contributed by atoms with E-state index in [0.29, 0.717) is 22.2 Å². The van der Waals surface area contributed by atoms with Crippen molar-refractivity contribution in [3.8, 4) is 16.9 Å². The molecule has 0 fully saturated rings. The van der Waals surface area contributed by atoms with Crippen molar-refractivity contribution < 1.29 is 37.0 Å². The summed E-state index contributed by atoms with van der Waals surface area (Å²) in [6.07, 6.45) is -5.16. The van der Waals surface area contributed by atoms with Gasteiger partial charge in [-0.25, -0.2) is 4.39 Å². The van der Waals surface area contributed by atoms with Gasteiger partial charge in [0.15, 0.2) is 0 Å². The third-order valence-corrected chi connectivity index (χ3v) is 5.77. The zero-order valence-electron chi connectivity index (χ0n) is 19.9. The first kappa shape index (κ1) is 26.6. The van der Waals surface area contributed by atoms with E-state index in [1.54, 1.807) is 18.2 Å². The number of nitrogens with one attached hydrogen (secondary N) is 3. The molecule has 0 spiro atoms. The molecule has 0 aliphatic heterocycles. The summed E-state index contributed by atoms with van der Waals surface area (Å²) >= 11 is 0. The van der Waals surface area contributed by atoms with E-state index in [0.717, 1.165) is 6.07 Å². The molecule has 0 aliphatic rings. The van der Waals surface area contributed by atoms with E-state index in [1.165, 1.54) is 43.4 Å². The number of rotatable bonds is 8. The van der Waals surface area contributed by atoms with Gasteiger partial charge in [-0.2, -0.15) is 5.10 Å². The first-order chi connectivity index (χ1) is 18.1. The van der Waals surface area contributed by atoms with Gasteiger partial charge in [0.25, 0.3) is 11.8 Å². The predicted molar refractivity (Wildman–Crippen MR) is 130 cm³/mol. The molecule has 2 amide bonds. The van der Waals surface area contributed by atoms with Crippen LogP contribution in [0, 0.1) is 5.82 Å². The maximum atomic E-state index is 14.3. The van der Waals surface area contributed by atoms with E-state index in [-0.39, 0.29) is 23.4 Å². The van der Waals surface area contributed by atoms with E-state index in [9.17, 15) is 32.3 Å². The van der Waals surface area contributed by atoms with Crippen LogP contribution in [0.3, 0.4) is 0 Å². The SMILES string of the molecule is CNC(=O)c1ccc(-c2ccc(OC(F)(F)F)c(C(=O)N[C@@H](CO)Cc3n[nH]c4cccc(F)c34)c2)cc1. The Morgan fingerprint density at radius 2 is 1.76 bits per heavy atom. The van der Waals surface area contributed by atoms with E-state index < -0.39 is 42.0 Å². The van der Waals surface area contributed by atoms with E-state index in [4.69, 9.17) is 0 Å². The standard InChI is InChI=1S/C26H22F4N4O4/c1-31-24(36)15-7-5-14(6-8-15)16-9-10-22(38-26(28,29)30)18(11-16)25(37)32-17(13-35)12-21-23-19(27)3-2-4-20(23)33-34-21/h2-11,17,35H,12-13H2,1H3,(H,31,36)(H,32,37)(H,33,34)/t17-/m1/s1. The van der Waals surface area contributed by atoms with Gasteiger partial charge in [-0.15, -0.1) is 13.2 Å². The maximum absolute atomic E-state index is 14.3. The molecule has 4 aromatic rings. The summed E-state index contributed by atoms with van der Waals surface area (Å²) in [5.41, 5.74) is 1.50. The van der Waals surface area contributed by atoms with Crippen LogP contribution in [-0.2, 0) is 6.42 Å². The van der Waals surface area contributed by atoms with Crippen molar-refractivity contribution in [1.29, 1.82) is 0 Å². The average molecular weight is 530 g/mol. The number of ether oxygens (including phenoxy) is 1. The maximum Gasteiger partial charge on any atom is 0.573 e. The molecule has 0 aliphatic carbocycles. The Kier molecular flexibility index (Phi) is 7.62. The summed E-state index contributed by atoms with van der Waals surface area (Å²) < 4.78 is 57.5. The van der Waals surface area contributed by atoms with Crippen molar-refractivity contribution in [2.45, 2.75) is 18.8 Å². The van der Waals surface area contributed by atoms with Gasteiger partial charge in [0, 0.05) is 19.0 Å². The highest BCUT2D eigenvalue weighted by Crippen LogP contribution is 2.31. The molecule has 12 heteroatoms. The number of aliphatic hydroxyl groups excluding tert-OH is 1. The van der Waals surface area contributed by atoms with Gasteiger partial charge in [-0.05, 0) is 47.5 Å². The van der Waals surface area contributed by atoms with Crippen LogP contribution in [0.4, 0.5) is 17.6 Å². The molecule has 0 radical (unpaired) electrons. The molecule has 4 rings (SSSR count). The van der Waals surface area contributed by atoms with Crippen molar-refractivity contribution in [3.05, 3.63) is 83.3 Å². The minimum absolute atomic E-state index is 0.0979. The fraction of sp³-hybridized carbons (Fsp3) is 0.192. The second-order valence-corrected chi connectivity index (χ2v) is 8.30. The Labute approximate surface area is 213 Å². The molecule has 8 nitrogen and oxygen atoms in total. The Morgan fingerprint density at radius 1 is 1.05 bits per heavy atom. The number of nitrogens with zero attached hydrogens (tertiary/aromatic N) is 1. The number of carbonyl (C=O) groups is 2. The molecule has 198 valence electrons. The molecular weight excluding hydrogens is 508 g/mol. The number of H-pyrrole nitrogens is 1. The first-order valence-corrected chi connectivity index (χ1v) is 11.3. The second kappa shape index (κ2) is 10.9. The van der Waals surface area contributed by atoms with Crippen LogP contribution in [0.15, 0.2) is 60.7 Å². The number of halogens is 4. The quantitative estimate of drug-likeness (QED) is 0.258. The fourth-order valence-corrected chi connectivity index (χ4v) is 3.96. The number of benzene rings is 3. The number of amides is 2. The molecule has 0 saturated heterocycles. The van der Waals surface area contributed by atoms with Gasteiger partial charge in [-0.1, -0.05) is 24.3 Å². The number of aromatic amines is 1. The number of fused-ring (bicyclic) bond motifs is 1. The number of alkyl halides is 3. The molecule has 4 N–H and O–H groups in total. The summed E-state index contributed by atoms with van der Waals surface area (Å²) in [7, 11) is 1.48. The average Bonchev–Trinajstić information content (AvgIpc) is 3.31. The summed E-state index contributed by atoms with van der Waals surface area (Å²) in [5, 5.41) is 21.7. The lowest BCUT2D eigenvalue weighted by Crippen LogP contribution is -2.39. The molecular formula is C26H22F4N4O4. The van der Waals surface area contributed by atoms with Crippen LogP contribution in [-0.4, -0.2) is 53.2 Å². The summed E-state index contributed by atoms with van der Waals surface area (Å²) in [6.45, 7) is -0.593. The minimum atomic E-state index is -5.06. The third kappa shape index (κ3) is 5.92.